The molecule has 2 aromatic carbocycles. The Hall–Kier alpha value is -2.53. The second-order valence-electron chi connectivity index (χ2n) is 5.44. The summed E-state index contributed by atoms with van der Waals surface area (Å²) in [5.74, 6) is 1.54. The highest BCUT2D eigenvalue weighted by Gasteiger charge is 2.11. The number of quaternary nitrogens is 1. The van der Waals surface area contributed by atoms with E-state index in [9.17, 15) is 4.79 Å². The summed E-state index contributed by atoms with van der Waals surface area (Å²) in [7, 11) is 5.25. The van der Waals surface area contributed by atoms with Crippen LogP contribution in [0.1, 0.15) is 5.56 Å². The fraction of sp³-hybridized carbons (Fsp3) is 0.278. The van der Waals surface area contributed by atoms with Crippen molar-refractivity contribution in [1.82, 2.24) is 0 Å². The van der Waals surface area contributed by atoms with E-state index in [2.05, 4.69) is 5.32 Å². The molecule has 2 N–H and O–H groups in total. The predicted octanol–water partition coefficient (Wildman–Crippen LogP) is 1.36. The number of hydrogen-bond donors (Lipinski definition) is 2. The van der Waals surface area contributed by atoms with E-state index in [-0.39, 0.29) is 5.91 Å². The molecular weight excluding hydrogens is 292 g/mol. The third-order valence-corrected chi connectivity index (χ3v) is 3.48. The Kier molecular flexibility index (Phi) is 6.00. The summed E-state index contributed by atoms with van der Waals surface area (Å²) in [6, 6.07) is 15.2. The molecule has 0 spiro atoms. The molecule has 0 aliphatic rings. The molecule has 1 unspecified atom stereocenters. The molecule has 0 saturated heterocycles. The third-order valence-electron chi connectivity index (χ3n) is 3.48. The first-order valence-corrected chi connectivity index (χ1v) is 7.49. The first kappa shape index (κ1) is 16.8. The van der Waals surface area contributed by atoms with Crippen molar-refractivity contribution in [2.24, 2.45) is 0 Å². The summed E-state index contributed by atoms with van der Waals surface area (Å²) < 4.78 is 10.3. The van der Waals surface area contributed by atoms with Gasteiger partial charge in [-0.2, -0.15) is 0 Å². The van der Waals surface area contributed by atoms with Crippen LogP contribution in [0.2, 0.25) is 0 Å². The van der Waals surface area contributed by atoms with Gasteiger partial charge >= 0.3 is 0 Å². The summed E-state index contributed by atoms with van der Waals surface area (Å²) >= 11 is 0. The van der Waals surface area contributed by atoms with Crippen molar-refractivity contribution in [2.75, 3.05) is 33.1 Å². The lowest BCUT2D eigenvalue weighted by Crippen LogP contribution is -3.08. The van der Waals surface area contributed by atoms with Crippen LogP contribution in [-0.4, -0.2) is 33.7 Å². The number of ether oxygens (including phenoxy) is 2. The Bertz CT molecular complexity index is 641. The number of nitrogens with one attached hydrogen (secondary N) is 2. The van der Waals surface area contributed by atoms with E-state index in [0.717, 1.165) is 34.2 Å². The molecule has 0 aliphatic carbocycles. The molecule has 23 heavy (non-hydrogen) atoms. The molecule has 5 heteroatoms. The second kappa shape index (κ2) is 8.19. The van der Waals surface area contributed by atoms with E-state index >= 15 is 0 Å². The van der Waals surface area contributed by atoms with Crippen molar-refractivity contribution in [3.8, 4) is 11.5 Å². The summed E-state index contributed by atoms with van der Waals surface area (Å²) in [4.78, 5) is 13.2. The summed E-state index contributed by atoms with van der Waals surface area (Å²) in [6.45, 7) is 1.17. The van der Waals surface area contributed by atoms with Crippen molar-refractivity contribution in [3.63, 3.8) is 0 Å². The summed E-state index contributed by atoms with van der Waals surface area (Å²) in [5.41, 5.74) is 1.91. The van der Waals surface area contributed by atoms with Crippen molar-refractivity contribution >= 4 is 11.6 Å². The van der Waals surface area contributed by atoms with Gasteiger partial charge in [-0.1, -0.05) is 6.07 Å². The van der Waals surface area contributed by atoms with Crippen LogP contribution in [0, 0.1) is 0 Å². The average molecular weight is 315 g/mol. The molecule has 1 atom stereocenters. The minimum atomic E-state index is -0.0238. The smallest absolute Gasteiger partial charge is 0.279 e. The molecule has 2 rings (SSSR count). The van der Waals surface area contributed by atoms with Gasteiger partial charge in [0.15, 0.2) is 6.54 Å². The third kappa shape index (κ3) is 5.30. The number of methoxy groups -OCH3 is 2. The topological polar surface area (TPSA) is 52.0 Å². The Morgan fingerprint density at radius 1 is 1.04 bits per heavy atom. The fourth-order valence-electron chi connectivity index (χ4n) is 2.33. The summed E-state index contributed by atoms with van der Waals surface area (Å²) in [5, 5.41) is 2.89. The molecule has 0 fully saturated rings. The van der Waals surface area contributed by atoms with Crippen LogP contribution in [0.5, 0.6) is 11.5 Å². The van der Waals surface area contributed by atoms with E-state index in [0.29, 0.717) is 6.54 Å². The van der Waals surface area contributed by atoms with Crippen molar-refractivity contribution in [2.45, 2.75) is 6.54 Å². The van der Waals surface area contributed by atoms with Crippen molar-refractivity contribution < 1.29 is 19.2 Å². The van der Waals surface area contributed by atoms with E-state index < -0.39 is 0 Å². The van der Waals surface area contributed by atoms with Crippen LogP contribution in [0.4, 0.5) is 5.69 Å². The number of hydrogen-bond acceptors (Lipinski definition) is 3. The minimum absolute atomic E-state index is 0.0238. The van der Waals surface area contributed by atoms with Crippen LogP contribution in [0.3, 0.4) is 0 Å². The van der Waals surface area contributed by atoms with Crippen LogP contribution in [0.15, 0.2) is 48.5 Å². The highest BCUT2D eigenvalue weighted by Crippen LogP contribution is 2.16. The van der Waals surface area contributed by atoms with E-state index in [1.807, 2.05) is 49.5 Å². The molecule has 5 nitrogen and oxygen atoms in total. The lowest BCUT2D eigenvalue weighted by Gasteiger charge is -2.14. The molecule has 0 aliphatic heterocycles. The van der Waals surface area contributed by atoms with Gasteiger partial charge in [0.25, 0.3) is 5.91 Å². The van der Waals surface area contributed by atoms with Crippen molar-refractivity contribution in [3.05, 3.63) is 54.1 Å². The van der Waals surface area contributed by atoms with Gasteiger partial charge in [0.05, 0.1) is 21.3 Å². The maximum atomic E-state index is 12.1. The second-order valence-corrected chi connectivity index (χ2v) is 5.44. The van der Waals surface area contributed by atoms with Gasteiger partial charge in [0.1, 0.15) is 18.0 Å². The first-order valence-electron chi connectivity index (χ1n) is 7.49. The van der Waals surface area contributed by atoms with Crippen LogP contribution < -0.4 is 19.7 Å². The molecule has 0 aromatic heterocycles. The highest BCUT2D eigenvalue weighted by atomic mass is 16.5. The van der Waals surface area contributed by atoms with Crippen molar-refractivity contribution in [1.29, 1.82) is 0 Å². The number of rotatable bonds is 7. The molecular formula is C18H23N2O3+. The predicted molar refractivity (Wildman–Crippen MR) is 90.1 cm³/mol. The molecule has 0 radical (unpaired) electrons. The quantitative estimate of drug-likeness (QED) is 0.811. The first-order chi connectivity index (χ1) is 11.1. The van der Waals surface area contributed by atoms with E-state index in [1.54, 1.807) is 20.3 Å². The van der Waals surface area contributed by atoms with Gasteiger partial charge in [-0.05, 0) is 36.4 Å². The Balaban J connectivity index is 1.86. The molecule has 0 bridgehead atoms. The number of carbonyl (C=O) groups excluding carboxylic acids is 1. The molecule has 0 saturated carbocycles. The van der Waals surface area contributed by atoms with Gasteiger partial charge in [-0.15, -0.1) is 0 Å². The van der Waals surface area contributed by atoms with Gasteiger partial charge in [0, 0.05) is 17.3 Å². The molecule has 1 amide bonds. The lowest BCUT2D eigenvalue weighted by atomic mass is 10.2. The zero-order valence-corrected chi connectivity index (χ0v) is 13.8. The van der Waals surface area contributed by atoms with Gasteiger partial charge in [-0.3, -0.25) is 4.79 Å². The number of amides is 1. The molecule has 0 heterocycles. The Labute approximate surface area is 136 Å². The monoisotopic (exact) mass is 315 g/mol. The average Bonchev–Trinajstić information content (AvgIpc) is 2.55. The molecule has 2 aromatic rings. The maximum absolute atomic E-state index is 12.1. The van der Waals surface area contributed by atoms with Gasteiger partial charge in [0.2, 0.25) is 0 Å². The number of anilines is 1. The Morgan fingerprint density at radius 3 is 2.39 bits per heavy atom. The van der Waals surface area contributed by atoms with Gasteiger partial charge < -0.3 is 19.7 Å². The maximum Gasteiger partial charge on any atom is 0.279 e. The Morgan fingerprint density at radius 2 is 1.74 bits per heavy atom. The number of carbonyl (C=O) groups is 1. The minimum Gasteiger partial charge on any atom is -0.497 e. The SMILES string of the molecule is COc1ccc(C[NH+](C)CC(=O)Nc2cccc(OC)c2)cc1. The van der Waals surface area contributed by atoms with Crippen LogP contribution in [-0.2, 0) is 11.3 Å². The van der Waals surface area contributed by atoms with Crippen LogP contribution in [0.25, 0.3) is 0 Å². The largest absolute Gasteiger partial charge is 0.497 e. The zero-order chi connectivity index (χ0) is 16.7. The molecule has 122 valence electrons. The number of benzene rings is 2. The van der Waals surface area contributed by atoms with E-state index in [4.69, 9.17) is 9.47 Å². The lowest BCUT2D eigenvalue weighted by molar-refractivity contribution is -0.885. The highest BCUT2D eigenvalue weighted by molar-refractivity contribution is 5.91. The standard InChI is InChI=1S/C18H22N2O3/c1-20(12-14-7-9-16(22-2)10-8-14)13-18(21)19-15-5-4-6-17(11-15)23-3/h4-11H,12-13H2,1-3H3,(H,19,21)/p+1. The zero-order valence-electron chi connectivity index (χ0n) is 13.8. The fourth-order valence-corrected chi connectivity index (χ4v) is 2.33. The normalized spacial score (nSPS) is 11.6. The van der Waals surface area contributed by atoms with Crippen LogP contribution >= 0.6 is 0 Å². The summed E-state index contributed by atoms with van der Waals surface area (Å²) in [6.07, 6.45) is 0. The van der Waals surface area contributed by atoms with Gasteiger partial charge in [-0.25, -0.2) is 0 Å². The number of likely N-dealkylation sites (N-methyl/N-ethyl adjacent to an activating group) is 1. The van der Waals surface area contributed by atoms with E-state index in [1.165, 1.54) is 0 Å².